The number of nitrogens with zero attached hydrogens (tertiary/aromatic N) is 9. The number of piperazine rings is 1. The zero-order chi connectivity index (χ0) is 36.2. The van der Waals surface area contributed by atoms with Crippen LogP contribution in [0.15, 0.2) is 54.9 Å². The van der Waals surface area contributed by atoms with E-state index in [1.54, 1.807) is 17.0 Å². The molecule has 2 saturated heterocycles. The Morgan fingerprint density at radius 3 is 2.44 bits per heavy atom. The van der Waals surface area contributed by atoms with Crippen LogP contribution in [0.3, 0.4) is 0 Å². The van der Waals surface area contributed by atoms with Crippen LogP contribution in [0.4, 0.5) is 38.0 Å². The van der Waals surface area contributed by atoms with Crippen LogP contribution >= 0.6 is 11.6 Å². The van der Waals surface area contributed by atoms with Crippen LogP contribution in [0.1, 0.15) is 33.6 Å². The number of anilines is 5. The third-order valence-electron chi connectivity index (χ3n) is 9.29. The van der Waals surface area contributed by atoms with Gasteiger partial charge in [-0.25, -0.2) is 24.7 Å². The number of hydrogen-bond donors (Lipinski definition) is 3. The highest BCUT2D eigenvalue weighted by atomic mass is 35.5. The Labute approximate surface area is 303 Å². The molecule has 15 nitrogen and oxygen atoms in total. The lowest BCUT2D eigenvalue weighted by molar-refractivity contribution is -0.120. The number of hydrogen-bond acceptors (Lipinski definition) is 12. The van der Waals surface area contributed by atoms with Gasteiger partial charge in [0.15, 0.2) is 0 Å². The maximum Gasteiger partial charge on any atom is 0.328 e. The van der Waals surface area contributed by atoms with Crippen LogP contribution in [-0.2, 0) is 17.8 Å². The lowest BCUT2D eigenvalue weighted by atomic mass is 10.1. The zero-order valence-corrected chi connectivity index (χ0v) is 28.7. The highest BCUT2D eigenvalue weighted by Gasteiger charge is 2.26. The molecule has 17 heteroatoms. The van der Waals surface area contributed by atoms with Crippen LogP contribution in [0.25, 0.3) is 0 Å². The summed E-state index contributed by atoms with van der Waals surface area (Å²) in [6.45, 7) is 5.51. The minimum atomic E-state index is -0.894. The second-order valence-electron chi connectivity index (χ2n) is 12.5. The Kier molecular flexibility index (Phi) is 10.0. The van der Waals surface area contributed by atoms with Gasteiger partial charge in [0.1, 0.15) is 35.0 Å². The van der Waals surface area contributed by atoms with Crippen molar-refractivity contribution in [3.8, 4) is 6.07 Å². The first-order valence-corrected chi connectivity index (χ1v) is 17.2. The predicted molar refractivity (Wildman–Crippen MR) is 191 cm³/mol. The van der Waals surface area contributed by atoms with Crippen LogP contribution in [0.5, 0.6) is 0 Å². The van der Waals surface area contributed by atoms with Crippen molar-refractivity contribution in [2.75, 3.05) is 72.4 Å². The molecule has 3 N–H and O–H groups in total. The van der Waals surface area contributed by atoms with E-state index < -0.39 is 17.9 Å². The minimum absolute atomic E-state index is 0.143. The van der Waals surface area contributed by atoms with E-state index in [0.29, 0.717) is 56.3 Å². The summed E-state index contributed by atoms with van der Waals surface area (Å²) >= 11 is 6.14. The van der Waals surface area contributed by atoms with Gasteiger partial charge in [-0.3, -0.25) is 24.7 Å². The first kappa shape index (κ1) is 34.5. The molecule has 6 heterocycles. The van der Waals surface area contributed by atoms with Crippen molar-refractivity contribution in [3.05, 3.63) is 88.3 Å². The Morgan fingerprint density at radius 2 is 1.71 bits per heavy atom. The van der Waals surface area contributed by atoms with Gasteiger partial charge in [0.2, 0.25) is 11.9 Å². The minimum Gasteiger partial charge on any atom is -0.369 e. The summed E-state index contributed by atoms with van der Waals surface area (Å²) in [7, 11) is 0. The molecule has 7 rings (SSSR count). The number of carbonyl (C=O) groups is 3. The molecule has 3 aliphatic heterocycles. The molecule has 0 radical (unpaired) electrons. The molecule has 4 amide bonds. The lowest BCUT2D eigenvalue weighted by Crippen LogP contribution is -2.49. The summed E-state index contributed by atoms with van der Waals surface area (Å²) < 4.78 is 15.1. The van der Waals surface area contributed by atoms with Crippen molar-refractivity contribution in [2.24, 2.45) is 0 Å². The third kappa shape index (κ3) is 7.55. The van der Waals surface area contributed by atoms with Crippen LogP contribution in [0, 0.1) is 17.3 Å². The highest BCUT2D eigenvalue weighted by molar-refractivity contribution is 6.30. The number of benzene rings is 1. The maximum atomic E-state index is 15.1. The Morgan fingerprint density at radius 1 is 0.923 bits per heavy atom. The molecule has 1 aromatic carbocycles. The average molecular weight is 725 g/mol. The molecular weight excluding hydrogens is 691 g/mol. The van der Waals surface area contributed by atoms with Crippen molar-refractivity contribution in [3.63, 3.8) is 0 Å². The highest BCUT2D eigenvalue weighted by Crippen LogP contribution is 2.29. The topological polar surface area (TPSA) is 176 Å². The molecule has 0 unspecified atom stereocenters. The summed E-state index contributed by atoms with van der Waals surface area (Å²) in [5.41, 5.74) is 3.57. The fourth-order valence-corrected chi connectivity index (χ4v) is 6.63. The fraction of sp³-hybridized carbons (Fsp3) is 0.314. The molecule has 3 aromatic heterocycles. The first-order valence-electron chi connectivity index (χ1n) is 16.8. The number of pyridine rings is 2. The third-order valence-corrected chi connectivity index (χ3v) is 9.58. The number of rotatable bonds is 9. The summed E-state index contributed by atoms with van der Waals surface area (Å²) in [4.78, 5) is 61.6. The smallest absolute Gasteiger partial charge is 0.328 e. The van der Waals surface area contributed by atoms with Gasteiger partial charge in [0, 0.05) is 75.7 Å². The zero-order valence-electron chi connectivity index (χ0n) is 28.0. The molecule has 0 saturated carbocycles. The predicted octanol–water partition coefficient (Wildman–Crippen LogP) is 3.24. The molecule has 266 valence electrons. The summed E-state index contributed by atoms with van der Waals surface area (Å²) in [6.07, 6.45) is 2.27. The number of urea groups is 1. The number of imide groups is 1. The normalized spacial score (nSPS) is 16.2. The van der Waals surface area contributed by atoms with Crippen molar-refractivity contribution < 1.29 is 18.8 Å². The Bertz CT molecular complexity index is 2050. The number of nitriles is 1. The van der Waals surface area contributed by atoms with E-state index >= 15 is 4.39 Å². The van der Waals surface area contributed by atoms with Gasteiger partial charge < -0.3 is 20.4 Å². The second kappa shape index (κ2) is 15.1. The molecule has 0 atom stereocenters. The Balaban J connectivity index is 0.876. The number of carbonyl (C=O) groups excluding carboxylic acids is 3. The standard InChI is InChI=1S/C35H34ClFN12O3/c36-31-22(19-38)1-8-29(44-31)48-12-9-25-27(20-48)40-21-41-33(25)43-28-7-6-26(32(37)42-28)34(51)39-11-14-46-15-17-47(18-16-46)23-2-4-24(5-3-23)49-13-10-30(50)45-35(49)52/h1-8,21H,9-18,20H2,(H,39,51)(H,45,50,52)(H,40,41,42,43). The van der Waals surface area contributed by atoms with Crippen molar-refractivity contribution in [1.82, 2.24) is 35.5 Å². The molecular formula is C35H34ClFN12O3. The summed E-state index contributed by atoms with van der Waals surface area (Å²) in [5.74, 6) is -0.357. The monoisotopic (exact) mass is 724 g/mol. The van der Waals surface area contributed by atoms with Crippen LogP contribution in [0.2, 0.25) is 5.15 Å². The van der Waals surface area contributed by atoms with E-state index in [1.807, 2.05) is 35.2 Å². The molecule has 0 bridgehead atoms. The average Bonchev–Trinajstić information content (AvgIpc) is 3.15. The first-order chi connectivity index (χ1) is 25.2. The van der Waals surface area contributed by atoms with Gasteiger partial charge in [-0.15, -0.1) is 0 Å². The van der Waals surface area contributed by atoms with Gasteiger partial charge in [-0.2, -0.15) is 9.65 Å². The number of aromatic nitrogens is 4. The number of nitrogens with one attached hydrogen (secondary N) is 3. The van der Waals surface area contributed by atoms with E-state index in [9.17, 15) is 14.4 Å². The molecule has 0 aliphatic carbocycles. The van der Waals surface area contributed by atoms with Crippen molar-refractivity contribution in [1.29, 1.82) is 5.26 Å². The molecule has 3 aliphatic rings. The quantitative estimate of drug-likeness (QED) is 0.215. The van der Waals surface area contributed by atoms with Crippen LogP contribution in [-0.4, -0.2) is 95.0 Å². The number of fused-ring (bicyclic) bond motifs is 1. The van der Waals surface area contributed by atoms with Crippen molar-refractivity contribution >= 4 is 58.3 Å². The van der Waals surface area contributed by atoms with Gasteiger partial charge in [-0.1, -0.05) is 11.6 Å². The van der Waals surface area contributed by atoms with Crippen LogP contribution < -0.4 is 30.7 Å². The molecule has 2 fully saturated rings. The van der Waals surface area contributed by atoms with Gasteiger partial charge in [0.05, 0.1) is 23.4 Å². The second-order valence-corrected chi connectivity index (χ2v) is 12.8. The largest absolute Gasteiger partial charge is 0.369 e. The van der Waals surface area contributed by atoms with Gasteiger partial charge >= 0.3 is 6.03 Å². The van der Waals surface area contributed by atoms with Gasteiger partial charge in [0.25, 0.3) is 5.91 Å². The summed E-state index contributed by atoms with van der Waals surface area (Å²) in [6, 6.07) is 15.6. The van der Waals surface area contributed by atoms with Gasteiger partial charge in [-0.05, 0) is 55.0 Å². The van der Waals surface area contributed by atoms with E-state index in [4.69, 9.17) is 16.9 Å². The molecule has 0 spiro atoms. The van der Waals surface area contributed by atoms with E-state index in [0.717, 1.165) is 48.8 Å². The SMILES string of the molecule is N#Cc1ccc(N2CCc3c(ncnc3Nc3ccc(C(=O)NCCN4CCN(c5ccc(N6CCC(=O)NC6=O)cc5)CC4)c(F)n3)C2)nc1Cl. The van der Waals surface area contributed by atoms with E-state index in [2.05, 4.69) is 45.7 Å². The number of amides is 4. The van der Waals surface area contributed by atoms with E-state index in [-0.39, 0.29) is 28.9 Å². The Hall–Kier alpha value is -5.92. The van der Waals surface area contributed by atoms with Crippen molar-refractivity contribution in [2.45, 2.75) is 19.4 Å². The molecule has 4 aromatic rings. The maximum absolute atomic E-state index is 15.1. The summed E-state index contributed by atoms with van der Waals surface area (Å²) in [5, 5.41) is 17.5. The lowest BCUT2D eigenvalue weighted by Gasteiger charge is -2.36. The fourth-order valence-electron chi connectivity index (χ4n) is 6.44. The van der Waals surface area contributed by atoms with E-state index in [1.165, 1.54) is 18.5 Å². The number of halogens is 2. The molecule has 52 heavy (non-hydrogen) atoms.